The van der Waals surface area contributed by atoms with Gasteiger partial charge in [-0.15, -0.1) is 22.7 Å². The van der Waals surface area contributed by atoms with Gasteiger partial charge in [-0.1, -0.05) is 30.3 Å². The van der Waals surface area contributed by atoms with E-state index in [4.69, 9.17) is 4.74 Å². The molecule has 0 radical (unpaired) electrons. The maximum Gasteiger partial charge on any atom is 0.276 e. The molecule has 4 rings (SSSR count). The Morgan fingerprint density at radius 3 is 2.71 bits per heavy atom. The lowest BCUT2D eigenvalue weighted by molar-refractivity contribution is -0.129. The highest BCUT2D eigenvalue weighted by molar-refractivity contribution is 7.21. The number of benzene rings is 2. The van der Waals surface area contributed by atoms with Crippen LogP contribution in [0.3, 0.4) is 0 Å². The number of carbonyl (C=O) groups is 2. The van der Waals surface area contributed by atoms with Crippen LogP contribution in [0, 0.1) is 6.92 Å². The first-order valence-electron chi connectivity index (χ1n) is 8.62. The van der Waals surface area contributed by atoms with Crippen LogP contribution < -0.4 is 15.6 Å². The van der Waals surface area contributed by atoms with Gasteiger partial charge in [0.25, 0.3) is 5.91 Å². The number of fused-ring (bicyclic) bond motifs is 3. The van der Waals surface area contributed by atoms with Crippen molar-refractivity contribution < 1.29 is 14.3 Å². The van der Waals surface area contributed by atoms with E-state index in [1.807, 2.05) is 54.8 Å². The third kappa shape index (κ3) is 3.97. The number of amides is 2. The number of nitrogens with zero attached hydrogens (tertiary/aromatic N) is 1. The zero-order valence-electron chi connectivity index (χ0n) is 15.0. The molecule has 0 aliphatic heterocycles. The fourth-order valence-corrected chi connectivity index (χ4v) is 4.68. The number of aryl methyl sites for hydroxylation is 1. The van der Waals surface area contributed by atoms with Gasteiger partial charge in [-0.2, -0.15) is 0 Å². The number of hydrazine groups is 1. The first-order valence-corrected chi connectivity index (χ1v) is 10.3. The Hall–Kier alpha value is -2.97. The van der Waals surface area contributed by atoms with E-state index in [1.165, 1.54) is 0 Å². The van der Waals surface area contributed by atoms with Crippen molar-refractivity contribution in [1.82, 2.24) is 15.8 Å². The second-order valence-electron chi connectivity index (χ2n) is 6.17. The normalized spacial score (nSPS) is 10.9. The maximum absolute atomic E-state index is 12.1. The van der Waals surface area contributed by atoms with Gasteiger partial charge >= 0.3 is 0 Å². The van der Waals surface area contributed by atoms with Crippen LogP contribution in [-0.2, 0) is 16.0 Å². The fourth-order valence-electron chi connectivity index (χ4n) is 2.85. The molecule has 2 aromatic heterocycles. The second-order valence-corrected chi connectivity index (χ2v) is 8.32. The van der Waals surface area contributed by atoms with E-state index in [2.05, 4.69) is 15.8 Å². The van der Waals surface area contributed by atoms with Gasteiger partial charge in [0.2, 0.25) is 5.91 Å². The molecule has 0 unspecified atom stereocenters. The molecule has 0 bridgehead atoms. The Kier molecular flexibility index (Phi) is 5.23. The number of hydrogen-bond donors (Lipinski definition) is 2. The average Bonchev–Trinajstić information content (AvgIpc) is 3.31. The number of aromatic nitrogens is 1. The molecular formula is C20H17N3O3S2. The third-order valence-electron chi connectivity index (χ3n) is 4.08. The number of ether oxygens (including phenoxy) is 1. The number of rotatable bonds is 5. The van der Waals surface area contributed by atoms with E-state index < -0.39 is 5.91 Å². The van der Waals surface area contributed by atoms with Crippen molar-refractivity contribution in [3.8, 4) is 5.75 Å². The Balaban J connectivity index is 1.36. The van der Waals surface area contributed by atoms with E-state index in [9.17, 15) is 9.59 Å². The number of hydrogen-bond acceptors (Lipinski definition) is 6. The zero-order valence-corrected chi connectivity index (χ0v) is 16.7. The van der Waals surface area contributed by atoms with Crippen LogP contribution in [0.1, 0.15) is 10.6 Å². The molecule has 0 spiro atoms. The number of thiazole rings is 1. The van der Waals surface area contributed by atoms with Crippen LogP contribution >= 0.6 is 22.7 Å². The minimum Gasteiger partial charge on any atom is -0.483 e. The van der Waals surface area contributed by atoms with Gasteiger partial charge in [-0.05, 0) is 23.9 Å². The zero-order chi connectivity index (χ0) is 19.5. The Morgan fingerprint density at radius 1 is 1.11 bits per heavy atom. The van der Waals surface area contributed by atoms with Crippen molar-refractivity contribution in [3.63, 3.8) is 0 Å². The summed E-state index contributed by atoms with van der Waals surface area (Å²) in [6, 6.07) is 13.2. The monoisotopic (exact) mass is 411 g/mol. The van der Waals surface area contributed by atoms with Gasteiger partial charge in [0.1, 0.15) is 5.75 Å². The molecule has 2 aromatic carbocycles. The topological polar surface area (TPSA) is 80.3 Å². The molecule has 28 heavy (non-hydrogen) atoms. The predicted molar refractivity (Wildman–Crippen MR) is 112 cm³/mol. The number of nitrogens with one attached hydrogen (secondary N) is 2. The summed E-state index contributed by atoms with van der Waals surface area (Å²) in [6.45, 7) is 1.77. The quantitative estimate of drug-likeness (QED) is 0.492. The summed E-state index contributed by atoms with van der Waals surface area (Å²) in [5, 5.41) is 3.90. The summed E-state index contributed by atoms with van der Waals surface area (Å²) in [4.78, 5) is 28.5. The van der Waals surface area contributed by atoms with E-state index in [0.29, 0.717) is 5.75 Å². The first kappa shape index (κ1) is 18.4. The van der Waals surface area contributed by atoms with Gasteiger partial charge < -0.3 is 4.74 Å². The van der Waals surface area contributed by atoms with Crippen molar-refractivity contribution in [2.45, 2.75) is 13.3 Å². The predicted octanol–water partition coefficient (Wildman–Crippen LogP) is 3.59. The largest absolute Gasteiger partial charge is 0.483 e. The summed E-state index contributed by atoms with van der Waals surface area (Å²) >= 11 is 3.19. The minimum atomic E-state index is -0.426. The van der Waals surface area contributed by atoms with Crippen molar-refractivity contribution in [3.05, 3.63) is 58.4 Å². The van der Waals surface area contributed by atoms with Gasteiger partial charge in [0.05, 0.1) is 26.3 Å². The van der Waals surface area contributed by atoms with Gasteiger partial charge in [0, 0.05) is 11.5 Å². The molecule has 0 saturated carbocycles. The lowest BCUT2D eigenvalue weighted by Crippen LogP contribution is -2.44. The van der Waals surface area contributed by atoms with Gasteiger partial charge in [-0.3, -0.25) is 20.4 Å². The van der Waals surface area contributed by atoms with Crippen molar-refractivity contribution in [2.75, 3.05) is 6.61 Å². The number of thiophene rings is 1. The minimum absolute atomic E-state index is 0.193. The summed E-state index contributed by atoms with van der Waals surface area (Å²) in [5.74, 6) is -0.0788. The van der Waals surface area contributed by atoms with Gasteiger partial charge in [-0.25, -0.2) is 4.98 Å². The highest BCUT2D eigenvalue weighted by Crippen LogP contribution is 2.38. The molecule has 142 valence electrons. The van der Waals surface area contributed by atoms with E-state index in [-0.39, 0.29) is 18.9 Å². The molecule has 2 amide bonds. The number of carbonyl (C=O) groups excluding carboxylic acids is 2. The van der Waals surface area contributed by atoms with Gasteiger partial charge in [0.15, 0.2) is 6.61 Å². The Morgan fingerprint density at radius 2 is 1.89 bits per heavy atom. The van der Waals surface area contributed by atoms with Crippen molar-refractivity contribution in [2.24, 2.45) is 0 Å². The maximum atomic E-state index is 12.1. The molecule has 0 aliphatic rings. The van der Waals surface area contributed by atoms with Crippen LogP contribution in [0.15, 0.2) is 47.8 Å². The van der Waals surface area contributed by atoms with Crippen LogP contribution in [-0.4, -0.2) is 23.4 Å². The average molecular weight is 412 g/mol. The first-order chi connectivity index (χ1) is 13.6. The summed E-state index contributed by atoms with van der Waals surface area (Å²) in [6.07, 6.45) is 0.193. The highest BCUT2D eigenvalue weighted by Gasteiger charge is 2.14. The van der Waals surface area contributed by atoms with Crippen LogP contribution in [0.4, 0.5) is 0 Å². The van der Waals surface area contributed by atoms with E-state index in [1.54, 1.807) is 22.7 Å². The molecule has 0 fully saturated rings. The molecule has 4 aromatic rings. The van der Waals surface area contributed by atoms with E-state index >= 15 is 0 Å². The Bertz CT molecular complexity index is 1150. The molecule has 0 atom stereocenters. The second kappa shape index (κ2) is 7.95. The highest BCUT2D eigenvalue weighted by atomic mass is 32.1. The van der Waals surface area contributed by atoms with Crippen LogP contribution in [0.5, 0.6) is 5.75 Å². The standard InChI is InChI=1S/C20H17N3O3S2/c1-12-21-19-16(28-12)10-15(14-7-8-27-20(14)19)26-11-18(25)23-22-17(24)9-13-5-3-2-4-6-13/h2-8,10H,9,11H2,1H3,(H,22,24)(H,23,25). The fraction of sp³-hybridized carbons (Fsp3) is 0.150. The van der Waals surface area contributed by atoms with Crippen LogP contribution in [0.2, 0.25) is 0 Å². The van der Waals surface area contributed by atoms with Crippen molar-refractivity contribution >= 4 is 54.8 Å². The molecule has 6 nitrogen and oxygen atoms in total. The summed E-state index contributed by atoms with van der Waals surface area (Å²) < 4.78 is 7.81. The summed E-state index contributed by atoms with van der Waals surface area (Å²) in [5.41, 5.74) is 6.64. The van der Waals surface area contributed by atoms with Crippen molar-refractivity contribution in [1.29, 1.82) is 0 Å². The summed E-state index contributed by atoms with van der Waals surface area (Å²) in [7, 11) is 0. The Labute approximate surface area is 169 Å². The third-order valence-corrected chi connectivity index (χ3v) is 5.91. The van der Waals surface area contributed by atoms with E-state index in [0.717, 1.165) is 30.9 Å². The molecule has 2 heterocycles. The SMILES string of the molecule is Cc1nc2c(cc(OCC(=O)NNC(=O)Cc3ccccc3)c3ccsc32)s1. The smallest absolute Gasteiger partial charge is 0.276 e. The molecule has 8 heteroatoms. The lowest BCUT2D eigenvalue weighted by Gasteiger charge is -2.10. The molecule has 0 aliphatic carbocycles. The molecule has 0 saturated heterocycles. The molecule has 2 N–H and O–H groups in total. The molecular weight excluding hydrogens is 394 g/mol. The lowest BCUT2D eigenvalue weighted by atomic mass is 10.1. The van der Waals surface area contributed by atoms with Crippen LogP contribution in [0.25, 0.3) is 20.3 Å².